The number of hydrogen-bond acceptors (Lipinski definition) is 4. The molecule has 0 aliphatic carbocycles. The summed E-state index contributed by atoms with van der Waals surface area (Å²) < 4.78 is 6.70. The van der Waals surface area contributed by atoms with E-state index in [9.17, 15) is 4.79 Å². The Labute approximate surface area is 110 Å². The quantitative estimate of drug-likeness (QED) is 0.889. The second-order valence-electron chi connectivity index (χ2n) is 4.05. The zero-order chi connectivity index (χ0) is 13.8. The smallest absolute Gasteiger partial charge is 0.358 e. The molecule has 0 radical (unpaired) electrons. The zero-order valence-electron chi connectivity index (χ0n) is 10.8. The van der Waals surface area contributed by atoms with Crippen molar-refractivity contribution in [2.75, 3.05) is 7.11 Å². The zero-order valence-corrected chi connectivity index (χ0v) is 10.8. The van der Waals surface area contributed by atoms with Crippen molar-refractivity contribution in [3.05, 3.63) is 35.7 Å². The van der Waals surface area contributed by atoms with Crippen LogP contribution >= 0.6 is 0 Å². The molecule has 0 saturated heterocycles. The van der Waals surface area contributed by atoms with Crippen LogP contribution in [0.1, 0.15) is 29.5 Å². The van der Waals surface area contributed by atoms with Gasteiger partial charge in [-0.25, -0.2) is 9.48 Å². The van der Waals surface area contributed by atoms with E-state index in [4.69, 9.17) is 9.84 Å². The fourth-order valence-electron chi connectivity index (χ4n) is 1.88. The lowest BCUT2D eigenvalue weighted by Crippen LogP contribution is -2.06. The molecule has 0 bridgehead atoms. The first-order chi connectivity index (χ1) is 9.17. The van der Waals surface area contributed by atoms with Crippen LogP contribution in [-0.2, 0) is 6.42 Å². The number of carboxylic acids is 1. The number of ether oxygens (including phenoxy) is 1. The Bertz CT molecular complexity index is 593. The molecule has 0 atom stereocenters. The lowest BCUT2D eigenvalue weighted by atomic mass is 10.2. The van der Waals surface area contributed by atoms with Crippen LogP contribution in [0.4, 0.5) is 0 Å². The Balaban J connectivity index is 2.51. The summed E-state index contributed by atoms with van der Waals surface area (Å²) >= 11 is 0. The molecule has 1 aromatic heterocycles. The predicted octanol–water partition coefficient (Wildman–Crippen LogP) is 1.93. The van der Waals surface area contributed by atoms with Gasteiger partial charge in [0.2, 0.25) is 0 Å². The molecule has 2 aromatic rings. The van der Waals surface area contributed by atoms with Crippen LogP contribution in [0.2, 0.25) is 0 Å². The summed E-state index contributed by atoms with van der Waals surface area (Å²) in [6.45, 7) is 1.98. The van der Waals surface area contributed by atoms with Crippen molar-refractivity contribution in [1.29, 1.82) is 0 Å². The first-order valence-corrected chi connectivity index (χ1v) is 5.99. The average Bonchev–Trinajstić information content (AvgIpc) is 2.83. The SMILES string of the molecule is CCCc1c(C(=O)O)nnn1-c1cccc(OC)c1. The van der Waals surface area contributed by atoms with E-state index in [1.807, 2.05) is 25.1 Å². The van der Waals surface area contributed by atoms with Gasteiger partial charge in [-0.2, -0.15) is 0 Å². The van der Waals surface area contributed by atoms with Gasteiger partial charge in [-0.05, 0) is 18.6 Å². The maximum Gasteiger partial charge on any atom is 0.358 e. The fraction of sp³-hybridized carbons (Fsp3) is 0.308. The molecule has 0 unspecified atom stereocenters. The summed E-state index contributed by atoms with van der Waals surface area (Å²) in [6.07, 6.45) is 1.42. The summed E-state index contributed by atoms with van der Waals surface area (Å²) in [4.78, 5) is 11.1. The molecule has 0 saturated carbocycles. The summed E-state index contributed by atoms with van der Waals surface area (Å²) in [5, 5.41) is 16.8. The van der Waals surface area contributed by atoms with Crippen molar-refractivity contribution < 1.29 is 14.6 Å². The second-order valence-corrected chi connectivity index (χ2v) is 4.05. The minimum Gasteiger partial charge on any atom is -0.497 e. The Kier molecular flexibility index (Phi) is 3.79. The molecule has 100 valence electrons. The number of carboxylic acid groups (broad SMARTS) is 1. The molecule has 0 aliphatic heterocycles. The van der Waals surface area contributed by atoms with Crippen LogP contribution < -0.4 is 4.74 Å². The van der Waals surface area contributed by atoms with Gasteiger partial charge in [0.05, 0.1) is 18.5 Å². The molecule has 1 aromatic carbocycles. The van der Waals surface area contributed by atoms with Crippen molar-refractivity contribution in [2.24, 2.45) is 0 Å². The highest BCUT2D eigenvalue weighted by molar-refractivity contribution is 5.86. The van der Waals surface area contributed by atoms with Crippen LogP contribution in [0.3, 0.4) is 0 Å². The molecular weight excluding hydrogens is 246 g/mol. The largest absolute Gasteiger partial charge is 0.497 e. The highest BCUT2D eigenvalue weighted by Gasteiger charge is 2.19. The predicted molar refractivity (Wildman–Crippen MR) is 68.9 cm³/mol. The molecule has 0 spiro atoms. The minimum absolute atomic E-state index is 0.00432. The van der Waals surface area contributed by atoms with E-state index in [-0.39, 0.29) is 5.69 Å². The van der Waals surface area contributed by atoms with Crippen LogP contribution in [-0.4, -0.2) is 33.2 Å². The van der Waals surface area contributed by atoms with Gasteiger partial charge in [0.1, 0.15) is 5.75 Å². The van der Waals surface area contributed by atoms with E-state index < -0.39 is 5.97 Å². The maximum atomic E-state index is 11.1. The van der Waals surface area contributed by atoms with Crippen molar-refractivity contribution in [1.82, 2.24) is 15.0 Å². The normalized spacial score (nSPS) is 10.4. The number of benzene rings is 1. The maximum absolute atomic E-state index is 11.1. The Morgan fingerprint density at radius 1 is 1.47 bits per heavy atom. The van der Waals surface area contributed by atoms with Gasteiger partial charge >= 0.3 is 5.97 Å². The number of aromatic nitrogens is 3. The molecule has 19 heavy (non-hydrogen) atoms. The van der Waals surface area contributed by atoms with Gasteiger partial charge in [0.15, 0.2) is 5.69 Å². The number of aromatic carboxylic acids is 1. The van der Waals surface area contributed by atoms with Gasteiger partial charge in [-0.15, -0.1) is 5.10 Å². The fourth-order valence-corrected chi connectivity index (χ4v) is 1.88. The highest BCUT2D eigenvalue weighted by Crippen LogP contribution is 2.19. The first-order valence-electron chi connectivity index (χ1n) is 5.99. The molecule has 0 amide bonds. The highest BCUT2D eigenvalue weighted by atomic mass is 16.5. The van der Waals surface area contributed by atoms with Crippen LogP contribution in [0.5, 0.6) is 5.75 Å². The van der Waals surface area contributed by atoms with Gasteiger partial charge in [-0.3, -0.25) is 0 Å². The van der Waals surface area contributed by atoms with Gasteiger partial charge in [0, 0.05) is 6.07 Å². The monoisotopic (exact) mass is 261 g/mol. The standard InChI is InChI=1S/C13H15N3O3/c1-3-5-11-12(13(17)18)14-15-16(11)9-6-4-7-10(8-9)19-2/h4,6-8H,3,5H2,1-2H3,(H,17,18). The molecule has 0 fully saturated rings. The molecular formula is C13H15N3O3. The van der Waals surface area contributed by atoms with Crippen LogP contribution in [0.25, 0.3) is 5.69 Å². The molecule has 1 N–H and O–H groups in total. The summed E-state index contributed by atoms with van der Waals surface area (Å²) in [5.74, 6) is -0.370. The van der Waals surface area contributed by atoms with E-state index >= 15 is 0 Å². The van der Waals surface area contributed by atoms with Crippen LogP contribution in [0.15, 0.2) is 24.3 Å². The van der Waals surface area contributed by atoms with E-state index in [0.717, 1.165) is 12.1 Å². The Morgan fingerprint density at radius 3 is 2.89 bits per heavy atom. The number of carbonyl (C=O) groups is 1. The van der Waals surface area contributed by atoms with E-state index in [1.165, 1.54) is 0 Å². The molecule has 6 nitrogen and oxygen atoms in total. The first kappa shape index (κ1) is 13.1. The topological polar surface area (TPSA) is 77.2 Å². The van der Waals surface area contributed by atoms with Gasteiger partial charge < -0.3 is 9.84 Å². The third-order valence-corrected chi connectivity index (χ3v) is 2.75. The van der Waals surface area contributed by atoms with E-state index in [0.29, 0.717) is 17.9 Å². The number of methoxy groups -OCH3 is 1. The van der Waals surface area contributed by atoms with Gasteiger partial charge in [0.25, 0.3) is 0 Å². The summed E-state index contributed by atoms with van der Waals surface area (Å²) in [6, 6.07) is 7.27. The summed E-state index contributed by atoms with van der Waals surface area (Å²) in [5.41, 5.74) is 1.34. The summed E-state index contributed by atoms with van der Waals surface area (Å²) in [7, 11) is 1.58. The van der Waals surface area contributed by atoms with Crippen molar-refractivity contribution in [3.8, 4) is 11.4 Å². The third kappa shape index (κ3) is 2.57. The average molecular weight is 261 g/mol. The van der Waals surface area contributed by atoms with E-state index in [2.05, 4.69) is 10.3 Å². The third-order valence-electron chi connectivity index (χ3n) is 2.75. The number of nitrogens with zero attached hydrogens (tertiary/aromatic N) is 3. The van der Waals surface area contributed by atoms with Crippen molar-refractivity contribution >= 4 is 5.97 Å². The number of rotatable bonds is 5. The second kappa shape index (κ2) is 5.51. The van der Waals surface area contributed by atoms with E-state index in [1.54, 1.807) is 17.9 Å². The Hall–Kier alpha value is -2.37. The molecule has 1 heterocycles. The number of hydrogen-bond donors (Lipinski definition) is 1. The van der Waals surface area contributed by atoms with Gasteiger partial charge in [-0.1, -0.05) is 24.6 Å². The van der Waals surface area contributed by atoms with Crippen molar-refractivity contribution in [2.45, 2.75) is 19.8 Å². The Morgan fingerprint density at radius 2 is 2.26 bits per heavy atom. The minimum atomic E-state index is -1.06. The lowest BCUT2D eigenvalue weighted by molar-refractivity contribution is 0.0689. The molecule has 2 rings (SSSR count). The van der Waals surface area contributed by atoms with Crippen molar-refractivity contribution in [3.63, 3.8) is 0 Å². The van der Waals surface area contributed by atoms with Crippen LogP contribution in [0, 0.1) is 0 Å². The lowest BCUT2D eigenvalue weighted by Gasteiger charge is -2.07. The molecule has 0 aliphatic rings. The molecule has 6 heteroatoms.